The summed E-state index contributed by atoms with van der Waals surface area (Å²) in [6.45, 7) is 7.60. The maximum Gasteiger partial charge on any atom is 0.264 e. The molecule has 9 heteroatoms. The molecule has 0 atom stereocenters. The van der Waals surface area contributed by atoms with Crippen molar-refractivity contribution in [1.82, 2.24) is 10.1 Å². The minimum absolute atomic E-state index is 0.113. The van der Waals surface area contributed by atoms with E-state index in [1.54, 1.807) is 45.2 Å². The fourth-order valence-electron chi connectivity index (χ4n) is 3.71. The second kappa shape index (κ2) is 9.79. The summed E-state index contributed by atoms with van der Waals surface area (Å²) >= 11 is 0. The molecule has 0 aliphatic heterocycles. The van der Waals surface area contributed by atoms with Gasteiger partial charge in [-0.15, -0.1) is 0 Å². The van der Waals surface area contributed by atoms with Crippen LogP contribution in [-0.4, -0.2) is 25.7 Å². The molecule has 0 radical (unpaired) electrons. The number of hydrogen-bond donors (Lipinski definition) is 1. The highest BCUT2D eigenvalue weighted by Crippen LogP contribution is 2.32. The van der Waals surface area contributed by atoms with Gasteiger partial charge in [0.2, 0.25) is 5.88 Å². The zero-order valence-corrected chi connectivity index (χ0v) is 21.1. The molecule has 0 aliphatic rings. The first-order valence-corrected chi connectivity index (χ1v) is 12.5. The molecule has 0 bridgehead atoms. The van der Waals surface area contributed by atoms with Gasteiger partial charge in [-0.2, -0.15) is 0 Å². The monoisotopic (exact) mass is 493 g/mol. The maximum absolute atomic E-state index is 13.2. The topological polar surface area (TPSA) is 104 Å². The van der Waals surface area contributed by atoms with Crippen LogP contribution in [-0.2, 0) is 16.6 Å². The van der Waals surface area contributed by atoms with Gasteiger partial charge in [0.1, 0.15) is 6.61 Å². The van der Waals surface area contributed by atoms with Crippen molar-refractivity contribution < 1.29 is 22.4 Å². The van der Waals surface area contributed by atoms with E-state index in [2.05, 4.69) is 14.9 Å². The Bertz CT molecular complexity index is 1460. The summed E-state index contributed by atoms with van der Waals surface area (Å²) in [5, 5.41) is 3.82. The molecule has 0 unspecified atom stereocenters. The molecular weight excluding hydrogens is 466 g/mol. The summed E-state index contributed by atoms with van der Waals surface area (Å²) < 4.78 is 45.4. The van der Waals surface area contributed by atoms with Gasteiger partial charge in [0.15, 0.2) is 11.5 Å². The molecule has 1 N–H and O–H groups in total. The van der Waals surface area contributed by atoms with E-state index in [1.165, 1.54) is 0 Å². The van der Waals surface area contributed by atoms with E-state index in [0.717, 1.165) is 22.5 Å². The number of benzene rings is 2. The van der Waals surface area contributed by atoms with Crippen molar-refractivity contribution >= 4 is 15.9 Å². The van der Waals surface area contributed by atoms with E-state index >= 15 is 0 Å². The minimum atomic E-state index is -3.90. The first-order valence-electron chi connectivity index (χ1n) is 11.0. The van der Waals surface area contributed by atoms with E-state index in [1.807, 2.05) is 44.2 Å². The number of aromatic nitrogens is 2. The van der Waals surface area contributed by atoms with Crippen LogP contribution in [0.15, 0.2) is 64.0 Å². The van der Waals surface area contributed by atoms with E-state index < -0.39 is 10.0 Å². The van der Waals surface area contributed by atoms with E-state index in [-0.39, 0.29) is 10.8 Å². The lowest BCUT2D eigenvalue weighted by molar-refractivity contribution is 0.282. The fraction of sp³-hybridized carbons (Fsp3) is 0.231. The normalized spacial score (nSPS) is 11.3. The molecule has 0 amide bonds. The predicted molar refractivity (Wildman–Crippen MR) is 133 cm³/mol. The van der Waals surface area contributed by atoms with Gasteiger partial charge < -0.3 is 14.0 Å². The first kappa shape index (κ1) is 24.3. The lowest BCUT2D eigenvalue weighted by Crippen LogP contribution is -2.14. The molecule has 0 fully saturated rings. The average Bonchev–Trinajstić information content (AvgIpc) is 3.14. The SMILES string of the molecule is COc1c(OCc2ccc(-c3ccccc3S(=O)(=O)Nc3onc(C)c3C)cc2)cc(C)nc1C. The Kier molecular flexibility index (Phi) is 6.79. The Morgan fingerprint density at radius 1 is 0.971 bits per heavy atom. The molecule has 4 aromatic rings. The minimum Gasteiger partial charge on any atom is -0.491 e. The third kappa shape index (κ3) is 5.14. The first-order chi connectivity index (χ1) is 16.7. The number of pyridine rings is 1. The maximum atomic E-state index is 13.2. The number of nitrogens with zero attached hydrogens (tertiary/aromatic N) is 2. The van der Waals surface area contributed by atoms with Crippen molar-refractivity contribution in [2.24, 2.45) is 0 Å². The van der Waals surface area contributed by atoms with Crippen LogP contribution in [0.2, 0.25) is 0 Å². The predicted octanol–water partition coefficient (Wildman–Crippen LogP) is 5.36. The van der Waals surface area contributed by atoms with Gasteiger partial charge >= 0.3 is 0 Å². The van der Waals surface area contributed by atoms with E-state index in [0.29, 0.717) is 34.9 Å². The third-order valence-corrected chi connectivity index (χ3v) is 7.05. The van der Waals surface area contributed by atoms with Crippen LogP contribution < -0.4 is 14.2 Å². The van der Waals surface area contributed by atoms with Crippen molar-refractivity contribution in [1.29, 1.82) is 0 Å². The number of methoxy groups -OCH3 is 1. The number of rotatable bonds is 8. The fourth-order valence-corrected chi connectivity index (χ4v) is 4.98. The van der Waals surface area contributed by atoms with Gasteiger partial charge in [-0.3, -0.25) is 4.98 Å². The summed E-state index contributed by atoms with van der Waals surface area (Å²) in [6, 6.07) is 16.2. The smallest absolute Gasteiger partial charge is 0.264 e. The zero-order valence-electron chi connectivity index (χ0n) is 20.2. The van der Waals surface area contributed by atoms with Gasteiger partial charge in [0.25, 0.3) is 10.0 Å². The van der Waals surface area contributed by atoms with Crippen molar-refractivity contribution in [2.45, 2.75) is 39.2 Å². The highest BCUT2D eigenvalue weighted by Gasteiger charge is 2.22. The number of aryl methyl sites for hydroxylation is 3. The molecule has 35 heavy (non-hydrogen) atoms. The average molecular weight is 494 g/mol. The Morgan fingerprint density at radius 3 is 2.34 bits per heavy atom. The second-order valence-corrected chi connectivity index (χ2v) is 9.84. The molecule has 0 spiro atoms. The number of sulfonamides is 1. The van der Waals surface area contributed by atoms with Crippen LogP contribution >= 0.6 is 0 Å². The summed E-state index contributed by atoms with van der Waals surface area (Å²) in [5.41, 5.74) is 5.14. The molecule has 8 nitrogen and oxygen atoms in total. The van der Waals surface area contributed by atoms with Crippen molar-refractivity contribution in [3.05, 3.63) is 82.8 Å². The zero-order chi connectivity index (χ0) is 25.2. The lowest BCUT2D eigenvalue weighted by Gasteiger charge is -2.14. The molecule has 2 heterocycles. The van der Waals surface area contributed by atoms with Gasteiger partial charge in [-0.1, -0.05) is 47.6 Å². The van der Waals surface area contributed by atoms with Crippen LogP contribution in [0.3, 0.4) is 0 Å². The van der Waals surface area contributed by atoms with Crippen molar-refractivity contribution in [3.63, 3.8) is 0 Å². The van der Waals surface area contributed by atoms with Crippen LogP contribution in [0.1, 0.15) is 28.2 Å². The van der Waals surface area contributed by atoms with Crippen LogP contribution in [0.4, 0.5) is 5.88 Å². The van der Waals surface area contributed by atoms with Crippen molar-refractivity contribution in [2.75, 3.05) is 11.8 Å². The highest BCUT2D eigenvalue weighted by molar-refractivity contribution is 7.92. The van der Waals surface area contributed by atoms with Crippen LogP contribution in [0.25, 0.3) is 11.1 Å². The van der Waals surface area contributed by atoms with Crippen LogP contribution in [0.5, 0.6) is 11.5 Å². The molecule has 0 saturated carbocycles. The van der Waals surface area contributed by atoms with E-state index in [4.69, 9.17) is 14.0 Å². The Balaban J connectivity index is 1.56. The van der Waals surface area contributed by atoms with Crippen LogP contribution in [0, 0.1) is 27.7 Å². The summed E-state index contributed by atoms with van der Waals surface area (Å²) in [4.78, 5) is 4.54. The summed E-state index contributed by atoms with van der Waals surface area (Å²) in [6.07, 6.45) is 0. The largest absolute Gasteiger partial charge is 0.491 e. The lowest BCUT2D eigenvalue weighted by atomic mass is 10.0. The number of ether oxygens (including phenoxy) is 2. The standard InChI is InChI=1S/C26H27N3O5S/c1-16-14-23(25(32-5)19(4)27-16)33-15-20-10-12-21(13-11-20)22-8-6-7-9-24(22)35(30,31)29-26-17(2)18(3)28-34-26/h6-14,29H,15H2,1-5H3. The Labute approximate surface area is 205 Å². The molecule has 0 aliphatic carbocycles. The third-order valence-electron chi connectivity index (χ3n) is 5.66. The molecular formula is C26H27N3O5S. The summed E-state index contributed by atoms with van der Waals surface area (Å²) in [7, 11) is -2.31. The Morgan fingerprint density at radius 2 is 1.69 bits per heavy atom. The molecule has 2 aromatic carbocycles. The summed E-state index contributed by atoms with van der Waals surface area (Å²) in [5.74, 6) is 1.35. The van der Waals surface area contributed by atoms with Gasteiger partial charge in [0, 0.05) is 22.9 Å². The molecule has 182 valence electrons. The molecule has 0 saturated heterocycles. The van der Waals surface area contributed by atoms with Crippen molar-refractivity contribution in [3.8, 4) is 22.6 Å². The van der Waals surface area contributed by atoms with Gasteiger partial charge in [0.05, 0.1) is 23.4 Å². The number of nitrogens with one attached hydrogen (secondary N) is 1. The quantitative estimate of drug-likeness (QED) is 0.352. The number of hydrogen-bond acceptors (Lipinski definition) is 7. The molecule has 2 aromatic heterocycles. The molecule has 4 rings (SSSR count). The van der Waals surface area contributed by atoms with Gasteiger partial charge in [-0.25, -0.2) is 13.1 Å². The second-order valence-electron chi connectivity index (χ2n) is 8.19. The number of anilines is 1. The Hall–Kier alpha value is -3.85. The highest BCUT2D eigenvalue weighted by atomic mass is 32.2. The van der Waals surface area contributed by atoms with Gasteiger partial charge in [-0.05, 0) is 44.9 Å². The van der Waals surface area contributed by atoms with E-state index in [9.17, 15) is 8.42 Å².